The van der Waals surface area contributed by atoms with Crippen LogP contribution < -0.4 is 17.1 Å². The van der Waals surface area contributed by atoms with E-state index in [9.17, 15) is 0 Å². The van der Waals surface area contributed by atoms with Gasteiger partial charge in [0, 0.05) is 5.75 Å². The van der Waals surface area contributed by atoms with Gasteiger partial charge in [-0.05, 0) is 13.8 Å². The Morgan fingerprint density at radius 2 is 2.00 bits per heavy atom. The Morgan fingerprint density at radius 1 is 1.33 bits per heavy atom. The molecule has 0 N–H and O–H groups in total. The number of hydrogen-bond donors (Lipinski definition) is 0. The van der Waals surface area contributed by atoms with Gasteiger partial charge in [0.2, 0.25) is 0 Å². The Hall–Kier alpha value is 0.0762. The van der Waals surface area contributed by atoms with Gasteiger partial charge in [-0.15, -0.1) is 12.1 Å². The molecule has 1 aromatic carbocycles. The zero-order valence-electron chi connectivity index (χ0n) is 7.38. The van der Waals surface area contributed by atoms with Gasteiger partial charge in [-0.2, -0.15) is 18.2 Å². The van der Waals surface area contributed by atoms with Crippen LogP contribution in [0.15, 0.2) is 24.3 Å². The van der Waals surface area contributed by atoms with E-state index >= 15 is 0 Å². The van der Waals surface area contributed by atoms with Gasteiger partial charge < -0.3 is 17.1 Å². The fourth-order valence-corrected chi connectivity index (χ4v) is 0.704. The number of para-hydroxylation sites is 1. The Bertz CT molecular complexity index is 189. The molecule has 0 bridgehead atoms. The molecule has 62 valence electrons. The molecule has 0 unspecified atom stereocenters. The van der Waals surface area contributed by atoms with Gasteiger partial charge in [0.25, 0.3) is 0 Å². The maximum atomic E-state index is 5.36. The Morgan fingerprint density at radius 3 is 2.42 bits per heavy atom. The molecule has 1 rings (SSSR count). The summed E-state index contributed by atoms with van der Waals surface area (Å²) in [7, 11) is 0. The first-order valence-electron chi connectivity index (χ1n) is 3.42. The van der Waals surface area contributed by atoms with Gasteiger partial charge in [0.05, 0.1) is 6.10 Å². The van der Waals surface area contributed by atoms with E-state index in [1.54, 1.807) is 0 Å². The first kappa shape index (κ1) is 14.6. The second kappa shape index (κ2) is 7.71. The van der Waals surface area contributed by atoms with E-state index in [4.69, 9.17) is 4.74 Å². The van der Waals surface area contributed by atoms with Gasteiger partial charge in [-0.1, -0.05) is 0 Å². The first-order chi connectivity index (χ1) is 4.79. The van der Waals surface area contributed by atoms with E-state index in [0.29, 0.717) is 0 Å². The number of hydrogen-bond acceptors (Lipinski definition) is 1. The molecule has 1 aromatic rings. The van der Waals surface area contributed by atoms with Gasteiger partial charge in [-0.25, -0.2) is 0 Å². The molecular weight excluding hydrogens is 184 g/mol. The average molecular weight is 195 g/mol. The van der Waals surface area contributed by atoms with E-state index in [1.165, 1.54) is 0 Å². The maximum Gasteiger partial charge on any atom is 2.00 e. The van der Waals surface area contributed by atoms with E-state index < -0.39 is 0 Å². The van der Waals surface area contributed by atoms with Crippen molar-refractivity contribution in [2.24, 2.45) is 0 Å². The van der Waals surface area contributed by atoms with Gasteiger partial charge in [-0.3, -0.25) is 0 Å². The summed E-state index contributed by atoms with van der Waals surface area (Å²) in [6.07, 6.45) is 0.235. The van der Waals surface area contributed by atoms with Crippen molar-refractivity contribution in [2.45, 2.75) is 20.0 Å². The minimum atomic E-state index is 0. The predicted molar refractivity (Wildman–Crippen MR) is 46.8 cm³/mol. The molecule has 0 aliphatic carbocycles. The summed E-state index contributed by atoms with van der Waals surface area (Å²) in [4.78, 5) is 0. The number of ether oxygens (including phenoxy) is 1. The fourth-order valence-electron chi connectivity index (χ4n) is 0.704. The van der Waals surface area contributed by atoms with E-state index in [2.05, 4.69) is 6.07 Å². The molecular formula is C9H11ClMgO. The quantitative estimate of drug-likeness (QED) is 0.429. The molecule has 0 fully saturated rings. The molecule has 0 saturated carbocycles. The van der Waals surface area contributed by atoms with E-state index in [0.717, 1.165) is 5.75 Å². The molecule has 0 saturated heterocycles. The van der Waals surface area contributed by atoms with Crippen molar-refractivity contribution in [3.8, 4) is 5.75 Å². The van der Waals surface area contributed by atoms with Crippen LogP contribution in [0.25, 0.3) is 0 Å². The summed E-state index contributed by atoms with van der Waals surface area (Å²) in [6.45, 7) is 4.00. The number of benzene rings is 1. The Labute approximate surface area is 96.1 Å². The molecule has 0 spiro atoms. The zero-order chi connectivity index (χ0) is 7.40. The topological polar surface area (TPSA) is 9.23 Å². The van der Waals surface area contributed by atoms with Crippen LogP contribution in [0, 0.1) is 6.07 Å². The molecule has 0 aromatic heterocycles. The normalized spacial score (nSPS) is 8.25. The molecule has 0 heterocycles. The second-order valence-corrected chi connectivity index (χ2v) is 2.39. The SMILES string of the molecule is CC(C)Oc1[c-]cccc1.[Cl-].[Mg+2]. The molecule has 0 aliphatic rings. The smallest absolute Gasteiger partial charge is 1.00 e. The van der Waals surface area contributed by atoms with Crippen molar-refractivity contribution in [3.05, 3.63) is 30.3 Å². The van der Waals surface area contributed by atoms with Crippen molar-refractivity contribution in [2.75, 3.05) is 0 Å². The van der Waals surface area contributed by atoms with Crippen LogP contribution in [0.2, 0.25) is 0 Å². The van der Waals surface area contributed by atoms with Crippen molar-refractivity contribution < 1.29 is 17.1 Å². The number of rotatable bonds is 2. The third kappa shape index (κ3) is 5.69. The molecule has 0 amide bonds. The molecule has 0 radical (unpaired) electrons. The maximum absolute atomic E-state index is 5.36. The van der Waals surface area contributed by atoms with Crippen LogP contribution in [-0.2, 0) is 0 Å². The van der Waals surface area contributed by atoms with Crippen molar-refractivity contribution in [3.63, 3.8) is 0 Å². The standard InChI is InChI=1S/C9H11O.ClH.Mg/c1-8(2)10-9-6-4-3-5-7-9;;/h3-6,8H,1-2H3;1H;/q-1;;+2/p-1. The largest absolute Gasteiger partial charge is 2.00 e. The van der Waals surface area contributed by atoms with Gasteiger partial charge in [0.15, 0.2) is 0 Å². The van der Waals surface area contributed by atoms with Crippen molar-refractivity contribution in [1.29, 1.82) is 0 Å². The minimum Gasteiger partial charge on any atom is -1.00 e. The predicted octanol–water partition coefficient (Wildman–Crippen LogP) is -1.10. The van der Waals surface area contributed by atoms with Crippen LogP contribution in [0.3, 0.4) is 0 Å². The van der Waals surface area contributed by atoms with Crippen LogP contribution in [-0.4, -0.2) is 29.2 Å². The summed E-state index contributed by atoms with van der Waals surface area (Å²) in [5.41, 5.74) is 0. The van der Waals surface area contributed by atoms with Crippen LogP contribution in [0.1, 0.15) is 13.8 Å². The van der Waals surface area contributed by atoms with Gasteiger partial charge >= 0.3 is 23.1 Å². The van der Waals surface area contributed by atoms with Crippen LogP contribution >= 0.6 is 0 Å². The fraction of sp³-hybridized carbons (Fsp3) is 0.333. The van der Waals surface area contributed by atoms with Gasteiger partial charge in [0.1, 0.15) is 0 Å². The Kier molecular flexibility index (Phi) is 9.38. The summed E-state index contributed by atoms with van der Waals surface area (Å²) >= 11 is 0. The van der Waals surface area contributed by atoms with Crippen LogP contribution in [0.5, 0.6) is 5.75 Å². The van der Waals surface area contributed by atoms with Crippen molar-refractivity contribution in [1.82, 2.24) is 0 Å². The van der Waals surface area contributed by atoms with E-state index in [1.807, 2.05) is 38.1 Å². The third-order valence-corrected chi connectivity index (χ3v) is 1.04. The Balaban J connectivity index is 0. The third-order valence-electron chi connectivity index (χ3n) is 1.04. The minimum absolute atomic E-state index is 0. The summed E-state index contributed by atoms with van der Waals surface area (Å²) in [5, 5.41) is 0. The molecule has 1 nitrogen and oxygen atoms in total. The number of halogens is 1. The monoisotopic (exact) mass is 194 g/mol. The first-order valence-corrected chi connectivity index (χ1v) is 3.42. The summed E-state index contributed by atoms with van der Waals surface area (Å²) in [6, 6.07) is 10.6. The zero-order valence-corrected chi connectivity index (χ0v) is 9.55. The summed E-state index contributed by atoms with van der Waals surface area (Å²) in [5.74, 6) is 0.817. The van der Waals surface area contributed by atoms with Crippen LogP contribution in [0.4, 0.5) is 0 Å². The molecule has 12 heavy (non-hydrogen) atoms. The molecule has 3 heteroatoms. The molecule has 0 aliphatic heterocycles. The average Bonchev–Trinajstić information content (AvgIpc) is 1.88. The summed E-state index contributed by atoms with van der Waals surface area (Å²) < 4.78 is 5.36. The van der Waals surface area contributed by atoms with E-state index in [-0.39, 0.29) is 41.6 Å². The molecule has 0 atom stereocenters. The van der Waals surface area contributed by atoms with Crippen molar-refractivity contribution >= 4 is 23.1 Å². The second-order valence-electron chi connectivity index (χ2n) is 2.39.